The third-order valence-corrected chi connectivity index (χ3v) is 4.09. The van der Waals surface area contributed by atoms with E-state index in [0.29, 0.717) is 29.2 Å². The molecule has 0 bridgehead atoms. The van der Waals surface area contributed by atoms with Crippen molar-refractivity contribution in [1.29, 1.82) is 0 Å². The second-order valence-corrected chi connectivity index (χ2v) is 6.74. The number of pyridine rings is 1. The highest BCUT2D eigenvalue weighted by molar-refractivity contribution is 6.06. The van der Waals surface area contributed by atoms with E-state index in [2.05, 4.69) is 10.3 Å². The van der Waals surface area contributed by atoms with Crippen molar-refractivity contribution >= 4 is 11.6 Å². The van der Waals surface area contributed by atoms with Crippen LogP contribution in [0.25, 0.3) is 0 Å². The largest absolute Gasteiger partial charge is 0.488 e. The van der Waals surface area contributed by atoms with Crippen LogP contribution < -0.4 is 10.1 Å². The molecule has 0 saturated heterocycles. The Bertz CT molecular complexity index is 904. The Kier molecular flexibility index (Phi) is 5.52. The Morgan fingerprint density at radius 1 is 1.11 bits per heavy atom. The fourth-order valence-corrected chi connectivity index (χ4v) is 2.58. The molecule has 5 heteroatoms. The van der Waals surface area contributed by atoms with Gasteiger partial charge in [0, 0.05) is 6.20 Å². The average Bonchev–Trinajstić information content (AvgIpc) is 2.67. The highest BCUT2D eigenvalue weighted by Crippen LogP contribution is 2.28. The number of hydrogen-bond acceptors (Lipinski definition) is 4. The number of rotatable bonds is 6. The summed E-state index contributed by atoms with van der Waals surface area (Å²) in [6, 6.07) is 18.4. The fraction of sp³-hybridized carbons (Fsp3) is 0.182. The van der Waals surface area contributed by atoms with Crippen molar-refractivity contribution in [2.45, 2.75) is 26.1 Å². The molecule has 0 saturated carbocycles. The second-order valence-electron chi connectivity index (χ2n) is 6.74. The van der Waals surface area contributed by atoms with Gasteiger partial charge in [0.1, 0.15) is 12.4 Å². The maximum absolute atomic E-state index is 12.8. The number of nitrogens with zero attached hydrogens (tertiary/aromatic N) is 1. The molecule has 0 aliphatic carbocycles. The van der Waals surface area contributed by atoms with Crippen molar-refractivity contribution in [2.24, 2.45) is 0 Å². The average molecular weight is 362 g/mol. The molecular formula is C22H22N2O3. The summed E-state index contributed by atoms with van der Waals surface area (Å²) in [5.74, 6) is 0.130. The summed E-state index contributed by atoms with van der Waals surface area (Å²) < 4.78 is 5.89. The molecule has 5 nitrogen and oxygen atoms in total. The van der Waals surface area contributed by atoms with E-state index in [4.69, 9.17) is 4.74 Å². The van der Waals surface area contributed by atoms with Gasteiger partial charge < -0.3 is 15.2 Å². The van der Waals surface area contributed by atoms with E-state index >= 15 is 0 Å². The number of ether oxygens (including phenoxy) is 1. The molecule has 2 N–H and O–H groups in total. The van der Waals surface area contributed by atoms with Gasteiger partial charge in [-0.25, -0.2) is 0 Å². The molecule has 0 unspecified atom stereocenters. The predicted molar refractivity (Wildman–Crippen MR) is 105 cm³/mol. The fourth-order valence-electron chi connectivity index (χ4n) is 2.58. The lowest BCUT2D eigenvalue weighted by atomic mass is 9.96. The summed E-state index contributed by atoms with van der Waals surface area (Å²) in [6.07, 6.45) is 3.21. The minimum Gasteiger partial charge on any atom is -0.488 e. The summed E-state index contributed by atoms with van der Waals surface area (Å²) in [5, 5.41) is 13.1. The zero-order valence-corrected chi connectivity index (χ0v) is 15.3. The van der Waals surface area contributed by atoms with Gasteiger partial charge in [0.15, 0.2) is 0 Å². The SMILES string of the molecule is CC(C)(O)c1ccc(OCc2ccccc2)c(C(=O)Nc2cccnc2)c1. The molecule has 0 radical (unpaired) electrons. The molecule has 0 fully saturated rings. The lowest BCUT2D eigenvalue weighted by Crippen LogP contribution is -2.19. The van der Waals surface area contributed by atoms with E-state index in [1.807, 2.05) is 30.3 Å². The summed E-state index contributed by atoms with van der Waals surface area (Å²) in [6.45, 7) is 3.70. The molecule has 27 heavy (non-hydrogen) atoms. The Morgan fingerprint density at radius 2 is 1.89 bits per heavy atom. The van der Waals surface area contributed by atoms with Gasteiger partial charge >= 0.3 is 0 Å². The molecule has 0 spiro atoms. The van der Waals surface area contributed by atoms with E-state index in [9.17, 15) is 9.90 Å². The number of hydrogen-bond donors (Lipinski definition) is 2. The summed E-state index contributed by atoms with van der Waals surface area (Å²) in [4.78, 5) is 16.8. The summed E-state index contributed by atoms with van der Waals surface area (Å²) >= 11 is 0. The quantitative estimate of drug-likeness (QED) is 0.691. The molecular weight excluding hydrogens is 340 g/mol. The van der Waals surface area contributed by atoms with Gasteiger partial charge in [-0.1, -0.05) is 36.4 Å². The predicted octanol–water partition coefficient (Wildman–Crippen LogP) is 4.14. The Morgan fingerprint density at radius 3 is 2.56 bits per heavy atom. The van der Waals surface area contributed by atoms with Gasteiger partial charge in [-0.3, -0.25) is 9.78 Å². The van der Waals surface area contributed by atoms with E-state index in [1.165, 1.54) is 0 Å². The molecule has 0 aliphatic heterocycles. The van der Waals surface area contributed by atoms with Gasteiger partial charge in [0.05, 0.1) is 23.0 Å². The Hall–Kier alpha value is -3.18. The van der Waals surface area contributed by atoms with Crippen LogP contribution in [0.15, 0.2) is 73.1 Å². The minimum atomic E-state index is -1.07. The van der Waals surface area contributed by atoms with Gasteiger partial charge in [0.2, 0.25) is 0 Å². The number of benzene rings is 2. The first-order valence-corrected chi connectivity index (χ1v) is 8.68. The lowest BCUT2D eigenvalue weighted by molar-refractivity contribution is 0.0784. The van der Waals surface area contributed by atoms with Crippen LogP contribution >= 0.6 is 0 Å². The molecule has 1 heterocycles. The number of carbonyl (C=O) groups is 1. The molecule has 3 rings (SSSR count). The number of nitrogens with one attached hydrogen (secondary N) is 1. The van der Waals surface area contributed by atoms with E-state index in [1.54, 1.807) is 56.6 Å². The van der Waals surface area contributed by atoms with E-state index in [-0.39, 0.29) is 5.91 Å². The monoisotopic (exact) mass is 362 g/mol. The van der Waals surface area contributed by atoms with Crippen molar-refractivity contribution in [2.75, 3.05) is 5.32 Å². The molecule has 0 aliphatic rings. The van der Waals surface area contributed by atoms with E-state index < -0.39 is 5.60 Å². The first kappa shape index (κ1) is 18.6. The number of aromatic nitrogens is 1. The summed E-state index contributed by atoms with van der Waals surface area (Å²) in [7, 11) is 0. The van der Waals surface area contributed by atoms with Crippen molar-refractivity contribution in [3.8, 4) is 5.75 Å². The number of amides is 1. The lowest BCUT2D eigenvalue weighted by Gasteiger charge is -2.20. The van der Waals surface area contributed by atoms with Gasteiger partial charge in [0.25, 0.3) is 5.91 Å². The molecule has 138 valence electrons. The highest BCUT2D eigenvalue weighted by atomic mass is 16.5. The van der Waals surface area contributed by atoms with Crippen LogP contribution in [0, 0.1) is 0 Å². The maximum Gasteiger partial charge on any atom is 0.259 e. The van der Waals surface area contributed by atoms with E-state index in [0.717, 1.165) is 5.56 Å². The van der Waals surface area contributed by atoms with Crippen LogP contribution in [0.3, 0.4) is 0 Å². The molecule has 1 amide bonds. The number of anilines is 1. The molecule has 2 aromatic carbocycles. The Labute approximate surface area is 158 Å². The van der Waals surface area contributed by atoms with Crippen LogP contribution in [0.5, 0.6) is 5.75 Å². The van der Waals surface area contributed by atoms with Crippen molar-refractivity contribution in [1.82, 2.24) is 4.98 Å². The third kappa shape index (κ3) is 4.92. The number of carbonyl (C=O) groups excluding carboxylic acids is 1. The van der Waals surface area contributed by atoms with Crippen molar-refractivity contribution in [3.63, 3.8) is 0 Å². The first-order valence-electron chi connectivity index (χ1n) is 8.68. The van der Waals surface area contributed by atoms with Gasteiger partial charge in [-0.2, -0.15) is 0 Å². The summed E-state index contributed by atoms with van der Waals surface area (Å²) in [5.41, 5.74) is 1.51. The zero-order valence-electron chi connectivity index (χ0n) is 15.3. The number of aliphatic hydroxyl groups is 1. The van der Waals surface area contributed by atoms with Crippen LogP contribution in [-0.2, 0) is 12.2 Å². The normalized spacial score (nSPS) is 11.1. The van der Waals surface area contributed by atoms with Gasteiger partial charge in [-0.15, -0.1) is 0 Å². The third-order valence-electron chi connectivity index (χ3n) is 4.09. The van der Waals surface area contributed by atoms with Crippen LogP contribution in [-0.4, -0.2) is 16.0 Å². The smallest absolute Gasteiger partial charge is 0.259 e. The van der Waals surface area contributed by atoms with Crippen LogP contribution in [0.1, 0.15) is 35.3 Å². The molecule has 1 aromatic heterocycles. The molecule has 0 atom stereocenters. The second kappa shape index (κ2) is 8.01. The van der Waals surface area contributed by atoms with Gasteiger partial charge in [-0.05, 0) is 49.2 Å². The maximum atomic E-state index is 12.8. The first-order chi connectivity index (χ1) is 12.9. The zero-order chi connectivity index (χ0) is 19.3. The van der Waals surface area contributed by atoms with Crippen molar-refractivity contribution < 1.29 is 14.6 Å². The highest BCUT2D eigenvalue weighted by Gasteiger charge is 2.21. The Balaban J connectivity index is 1.88. The van der Waals surface area contributed by atoms with Crippen molar-refractivity contribution in [3.05, 3.63) is 89.7 Å². The molecule has 3 aromatic rings. The standard InChI is InChI=1S/C22H22N2O3/c1-22(2,26)17-10-11-20(27-15-16-7-4-3-5-8-16)19(13-17)21(25)24-18-9-6-12-23-14-18/h3-14,26H,15H2,1-2H3,(H,24,25). The minimum absolute atomic E-state index is 0.322. The van der Waals surface area contributed by atoms with Crippen LogP contribution in [0.2, 0.25) is 0 Å². The van der Waals surface area contributed by atoms with Crippen LogP contribution in [0.4, 0.5) is 5.69 Å². The topological polar surface area (TPSA) is 71.5 Å².